The van der Waals surface area contributed by atoms with E-state index in [1.165, 1.54) is 20.5 Å². The van der Waals surface area contributed by atoms with Crippen molar-refractivity contribution in [3.8, 4) is 21.6 Å². The molecule has 0 aliphatic heterocycles. The highest BCUT2D eigenvalue weighted by Gasteiger charge is 2.17. The smallest absolute Gasteiger partial charge is 0.220 e. The number of hydrogen-bond acceptors (Lipinski definition) is 5. The average molecular weight is 411 g/mol. The molecule has 7 heteroatoms. The zero-order valence-electron chi connectivity index (χ0n) is 16.3. The summed E-state index contributed by atoms with van der Waals surface area (Å²) >= 11 is 1.81. The number of nitrogens with two attached hydrogens (primary N) is 1. The molecule has 0 fully saturated rings. The Morgan fingerprint density at radius 2 is 1.97 bits per heavy atom. The fraction of sp³-hybridized carbons (Fsp3) is 0.0870. The van der Waals surface area contributed by atoms with Crippen molar-refractivity contribution in [3.63, 3.8) is 0 Å². The molecule has 0 aliphatic carbocycles. The molecule has 3 N–H and O–H groups in total. The molecule has 4 aromatic heterocycles. The number of hydrogen-bond donors (Lipinski definition) is 2. The highest BCUT2D eigenvalue weighted by molar-refractivity contribution is 7.22. The molecule has 0 saturated heterocycles. The molecule has 6 nitrogen and oxygen atoms in total. The normalized spacial score (nSPS) is 11.8. The molecular formula is C23H18N6S. The first-order valence-electron chi connectivity index (χ1n) is 9.80. The largest absolute Gasteiger partial charge is 0.368 e. The number of nitrogens with zero attached hydrogens (tertiary/aromatic N) is 4. The van der Waals surface area contributed by atoms with Gasteiger partial charge in [0.2, 0.25) is 5.95 Å². The maximum absolute atomic E-state index is 5.86. The van der Waals surface area contributed by atoms with Crippen LogP contribution >= 0.6 is 11.3 Å². The Morgan fingerprint density at radius 1 is 1.07 bits per heavy atom. The van der Waals surface area contributed by atoms with E-state index in [0.717, 1.165) is 39.6 Å². The molecule has 0 spiro atoms. The molecule has 0 bridgehead atoms. The Kier molecular flexibility index (Phi) is 3.66. The first-order valence-corrected chi connectivity index (χ1v) is 10.6. The Hall–Kier alpha value is -3.71. The number of fused-ring (bicyclic) bond motifs is 3. The maximum atomic E-state index is 5.86. The van der Waals surface area contributed by atoms with Crippen molar-refractivity contribution < 1.29 is 0 Å². The summed E-state index contributed by atoms with van der Waals surface area (Å²) in [5.74, 6) is 0.271. The van der Waals surface area contributed by atoms with E-state index in [1.54, 1.807) is 17.5 Å². The van der Waals surface area contributed by atoms with Gasteiger partial charge in [0.1, 0.15) is 5.52 Å². The zero-order valence-corrected chi connectivity index (χ0v) is 17.1. The zero-order chi connectivity index (χ0) is 20.2. The summed E-state index contributed by atoms with van der Waals surface area (Å²) in [5.41, 5.74) is 12.0. The number of nitrogens with one attached hydrogen (secondary N) is 1. The second-order valence-electron chi connectivity index (χ2n) is 7.26. The number of rotatable bonds is 3. The van der Waals surface area contributed by atoms with Gasteiger partial charge in [-0.05, 0) is 42.1 Å². The summed E-state index contributed by atoms with van der Waals surface area (Å²) in [7, 11) is 0. The molecule has 0 amide bonds. The summed E-state index contributed by atoms with van der Waals surface area (Å²) in [6.45, 7) is 2.94. The minimum atomic E-state index is 0.271. The minimum Gasteiger partial charge on any atom is -0.368 e. The lowest BCUT2D eigenvalue weighted by atomic mass is 10.0. The van der Waals surface area contributed by atoms with Crippen LogP contribution in [0.4, 0.5) is 5.95 Å². The molecule has 30 heavy (non-hydrogen) atoms. The van der Waals surface area contributed by atoms with Crippen LogP contribution in [-0.4, -0.2) is 24.7 Å². The molecule has 2 aromatic carbocycles. The van der Waals surface area contributed by atoms with E-state index in [2.05, 4.69) is 74.1 Å². The maximum Gasteiger partial charge on any atom is 0.220 e. The molecular weight excluding hydrogens is 392 g/mol. The lowest BCUT2D eigenvalue weighted by Crippen LogP contribution is -1.97. The van der Waals surface area contributed by atoms with Gasteiger partial charge in [-0.2, -0.15) is 5.10 Å². The van der Waals surface area contributed by atoms with Gasteiger partial charge in [0, 0.05) is 38.8 Å². The Bertz CT molecular complexity index is 1520. The van der Waals surface area contributed by atoms with Crippen molar-refractivity contribution >= 4 is 49.3 Å². The van der Waals surface area contributed by atoms with Crippen LogP contribution in [0.15, 0.2) is 61.1 Å². The fourth-order valence-electron chi connectivity index (χ4n) is 4.08. The lowest BCUT2D eigenvalue weighted by molar-refractivity contribution is 0.684. The van der Waals surface area contributed by atoms with Crippen molar-refractivity contribution in [2.45, 2.75) is 13.5 Å². The second-order valence-corrected chi connectivity index (χ2v) is 8.35. The van der Waals surface area contributed by atoms with Gasteiger partial charge >= 0.3 is 0 Å². The lowest BCUT2D eigenvalue weighted by Gasteiger charge is -2.09. The van der Waals surface area contributed by atoms with Gasteiger partial charge in [-0.3, -0.25) is 4.68 Å². The number of benzene rings is 2. The van der Waals surface area contributed by atoms with Crippen molar-refractivity contribution in [1.29, 1.82) is 0 Å². The van der Waals surface area contributed by atoms with Crippen molar-refractivity contribution in [2.24, 2.45) is 0 Å². The molecule has 0 saturated carbocycles. The third-order valence-electron chi connectivity index (χ3n) is 5.47. The number of aromatic nitrogens is 5. The third-order valence-corrected chi connectivity index (χ3v) is 6.62. The standard InChI is InChI=1S/C23H18N6S/c1-2-29-22-15(10-27-29)7-14(17-11-25-18-12-26-23(24)28-21(17)18)8-16(22)20-9-13-5-3-4-6-19(13)30-20/h3-12,25H,2H2,1H3,(H2,24,26,28). The van der Waals surface area contributed by atoms with E-state index < -0.39 is 0 Å². The van der Waals surface area contributed by atoms with Crippen LogP contribution < -0.4 is 5.73 Å². The number of anilines is 1. The third kappa shape index (κ3) is 2.52. The molecule has 0 aliphatic rings. The van der Waals surface area contributed by atoms with E-state index in [9.17, 15) is 0 Å². The molecule has 0 unspecified atom stereocenters. The number of H-pyrrole nitrogens is 1. The average Bonchev–Trinajstić information content (AvgIpc) is 3.48. The van der Waals surface area contributed by atoms with Gasteiger partial charge in [0.15, 0.2) is 0 Å². The van der Waals surface area contributed by atoms with Crippen molar-refractivity contribution in [1.82, 2.24) is 24.7 Å². The number of aromatic amines is 1. The number of aryl methyl sites for hydroxylation is 1. The van der Waals surface area contributed by atoms with Crippen LogP contribution in [-0.2, 0) is 6.54 Å². The van der Waals surface area contributed by atoms with E-state index in [-0.39, 0.29) is 5.95 Å². The van der Waals surface area contributed by atoms with Crippen LogP contribution in [0.1, 0.15) is 6.92 Å². The number of thiophene rings is 1. The van der Waals surface area contributed by atoms with Crippen LogP contribution in [0.5, 0.6) is 0 Å². The van der Waals surface area contributed by atoms with Gasteiger partial charge in [-0.1, -0.05) is 18.2 Å². The van der Waals surface area contributed by atoms with Crippen LogP contribution in [0.3, 0.4) is 0 Å². The quantitative estimate of drug-likeness (QED) is 0.406. The van der Waals surface area contributed by atoms with Gasteiger partial charge < -0.3 is 10.7 Å². The Labute approximate surface area is 176 Å². The Balaban J connectivity index is 1.66. The molecule has 0 atom stereocenters. The first kappa shape index (κ1) is 17.2. The summed E-state index contributed by atoms with van der Waals surface area (Å²) in [5, 5.41) is 6.99. The summed E-state index contributed by atoms with van der Waals surface area (Å²) < 4.78 is 3.34. The SMILES string of the molecule is CCn1ncc2cc(-c3c[nH]c4cnc(N)nc34)cc(-c3cc4ccccc4s3)c21. The van der Waals surface area contributed by atoms with Crippen LogP contribution in [0.2, 0.25) is 0 Å². The highest BCUT2D eigenvalue weighted by atomic mass is 32.1. The second kappa shape index (κ2) is 6.40. The monoisotopic (exact) mass is 410 g/mol. The van der Waals surface area contributed by atoms with E-state index in [0.29, 0.717) is 0 Å². The van der Waals surface area contributed by atoms with Gasteiger partial charge in [-0.25, -0.2) is 9.97 Å². The van der Waals surface area contributed by atoms with Gasteiger partial charge in [-0.15, -0.1) is 11.3 Å². The summed E-state index contributed by atoms with van der Waals surface area (Å²) in [6, 6.07) is 15.2. The first-order chi connectivity index (χ1) is 14.7. The number of nitrogen functional groups attached to an aromatic ring is 1. The minimum absolute atomic E-state index is 0.271. The molecule has 6 aromatic rings. The molecule has 4 heterocycles. The fourth-order valence-corrected chi connectivity index (χ4v) is 5.16. The van der Waals surface area contributed by atoms with Crippen LogP contribution in [0.25, 0.3) is 53.6 Å². The molecule has 0 radical (unpaired) electrons. The predicted octanol–water partition coefficient (Wildman–Crippen LogP) is 5.46. The van der Waals surface area contributed by atoms with E-state index in [4.69, 9.17) is 5.73 Å². The van der Waals surface area contributed by atoms with Crippen molar-refractivity contribution in [2.75, 3.05) is 5.73 Å². The van der Waals surface area contributed by atoms with Gasteiger partial charge in [0.25, 0.3) is 0 Å². The van der Waals surface area contributed by atoms with Crippen LogP contribution in [0, 0.1) is 0 Å². The molecule has 6 rings (SSSR count). The molecule has 146 valence electrons. The summed E-state index contributed by atoms with van der Waals surface area (Å²) in [4.78, 5) is 13.0. The Morgan fingerprint density at radius 3 is 2.83 bits per heavy atom. The van der Waals surface area contributed by atoms with Gasteiger partial charge in [0.05, 0.1) is 23.4 Å². The van der Waals surface area contributed by atoms with E-state index >= 15 is 0 Å². The van der Waals surface area contributed by atoms with Crippen molar-refractivity contribution in [3.05, 3.63) is 61.1 Å². The predicted molar refractivity (Wildman–Crippen MR) is 124 cm³/mol. The summed E-state index contributed by atoms with van der Waals surface area (Å²) in [6.07, 6.45) is 5.64. The van der Waals surface area contributed by atoms with E-state index in [1.807, 2.05) is 12.4 Å². The highest BCUT2D eigenvalue weighted by Crippen LogP contribution is 2.40. The topological polar surface area (TPSA) is 85.4 Å².